The molecule has 0 aliphatic carbocycles. The van der Waals surface area contributed by atoms with Crippen LogP contribution in [0.2, 0.25) is 0 Å². The van der Waals surface area contributed by atoms with Crippen LogP contribution in [-0.4, -0.2) is 23.5 Å². The number of aliphatic carboxylic acids is 1. The largest absolute Gasteiger partial charge is 0.480 e. The Kier molecular flexibility index (Phi) is 4.69. The average Bonchev–Trinajstić information content (AvgIpc) is 2.26. The van der Waals surface area contributed by atoms with E-state index in [-0.39, 0.29) is 12.5 Å². The summed E-state index contributed by atoms with van der Waals surface area (Å²) < 4.78 is 0. The summed E-state index contributed by atoms with van der Waals surface area (Å²) in [6, 6.07) is 7.30. The van der Waals surface area contributed by atoms with E-state index >= 15 is 0 Å². The first-order valence-electron chi connectivity index (χ1n) is 5.63. The molecule has 0 saturated heterocycles. The smallest absolute Gasteiger partial charge is 0.323 e. The van der Waals surface area contributed by atoms with Gasteiger partial charge in [0.15, 0.2) is 0 Å². The van der Waals surface area contributed by atoms with Crippen molar-refractivity contribution in [1.29, 1.82) is 0 Å². The first-order chi connectivity index (χ1) is 8.04. The molecule has 0 spiro atoms. The predicted molar refractivity (Wildman–Crippen MR) is 66.1 cm³/mol. The second-order valence-electron chi connectivity index (χ2n) is 3.96. The molecule has 0 fully saturated rings. The minimum atomic E-state index is -1.00. The zero-order chi connectivity index (χ0) is 12.8. The van der Waals surface area contributed by atoms with E-state index in [0.717, 1.165) is 5.56 Å². The van der Waals surface area contributed by atoms with E-state index < -0.39 is 5.97 Å². The van der Waals surface area contributed by atoms with Crippen molar-refractivity contribution < 1.29 is 14.7 Å². The molecule has 17 heavy (non-hydrogen) atoms. The molecule has 0 bridgehead atoms. The van der Waals surface area contributed by atoms with Crippen molar-refractivity contribution >= 4 is 17.6 Å². The van der Waals surface area contributed by atoms with Gasteiger partial charge in [0.1, 0.15) is 6.54 Å². The highest BCUT2D eigenvalue weighted by Crippen LogP contribution is 2.17. The SMILES string of the molecule is CCCC(=O)N(CC(=O)O)c1cccc(C)c1. The van der Waals surface area contributed by atoms with Crippen LogP contribution in [0.25, 0.3) is 0 Å². The molecule has 0 atom stereocenters. The molecule has 0 radical (unpaired) electrons. The summed E-state index contributed by atoms with van der Waals surface area (Å²) in [6.45, 7) is 3.52. The minimum Gasteiger partial charge on any atom is -0.480 e. The third kappa shape index (κ3) is 3.90. The lowest BCUT2D eigenvalue weighted by atomic mass is 10.2. The Bertz CT molecular complexity index is 415. The van der Waals surface area contributed by atoms with Gasteiger partial charge in [0.25, 0.3) is 0 Å². The Balaban J connectivity index is 2.97. The van der Waals surface area contributed by atoms with E-state index in [2.05, 4.69) is 0 Å². The molecule has 1 aromatic rings. The molecule has 1 N–H and O–H groups in total. The molecule has 4 heteroatoms. The van der Waals surface area contributed by atoms with E-state index in [4.69, 9.17) is 5.11 Å². The van der Waals surface area contributed by atoms with Crippen LogP contribution in [0.5, 0.6) is 0 Å². The van der Waals surface area contributed by atoms with Crippen molar-refractivity contribution in [2.45, 2.75) is 26.7 Å². The third-order valence-corrected chi connectivity index (χ3v) is 2.37. The van der Waals surface area contributed by atoms with Gasteiger partial charge in [-0.3, -0.25) is 9.59 Å². The van der Waals surface area contributed by atoms with Gasteiger partial charge in [-0.25, -0.2) is 0 Å². The van der Waals surface area contributed by atoms with Crippen LogP contribution in [0.3, 0.4) is 0 Å². The number of benzene rings is 1. The van der Waals surface area contributed by atoms with Crippen molar-refractivity contribution in [3.63, 3.8) is 0 Å². The van der Waals surface area contributed by atoms with E-state index in [1.807, 2.05) is 32.0 Å². The number of hydrogen-bond donors (Lipinski definition) is 1. The second-order valence-corrected chi connectivity index (χ2v) is 3.96. The Labute approximate surface area is 101 Å². The maximum atomic E-state index is 11.9. The Morgan fingerprint density at radius 3 is 2.59 bits per heavy atom. The summed E-state index contributed by atoms with van der Waals surface area (Å²) in [6.07, 6.45) is 1.07. The summed E-state index contributed by atoms with van der Waals surface area (Å²) in [5.74, 6) is -1.16. The average molecular weight is 235 g/mol. The van der Waals surface area contributed by atoms with Crippen molar-refractivity contribution in [3.8, 4) is 0 Å². The fourth-order valence-corrected chi connectivity index (χ4v) is 1.60. The predicted octanol–water partition coefficient (Wildman–Crippen LogP) is 2.21. The van der Waals surface area contributed by atoms with Crippen molar-refractivity contribution in [1.82, 2.24) is 0 Å². The quantitative estimate of drug-likeness (QED) is 0.851. The molecule has 0 aliphatic rings. The number of carbonyl (C=O) groups excluding carboxylic acids is 1. The lowest BCUT2D eigenvalue weighted by Gasteiger charge is -2.21. The number of amides is 1. The zero-order valence-corrected chi connectivity index (χ0v) is 10.1. The number of aryl methyl sites for hydroxylation is 1. The Morgan fingerprint density at radius 2 is 2.06 bits per heavy atom. The zero-order valence-electron chi connectivity index (χ0n) is 10.1. The number of carbonyl (C=O) groups is 2. The molecule has 0 saturated carbocycles. The van der Waals surface area contributed by atoms with E-state index in [1.54, 1.807) is 6.07 Å². The fourth-order valence-electron chi connectivity index (χ4n) is 1.60. The number of carboxylic acids is 1. The van der Waals surface area contributed by atoms with Gasteiger partial charge >= 0.3 is 5.97 Å². The number of anilines is 1. The van der Waals surface area contributed by atoms with Gasteiger partial charge in [0, 0.05) is 12.1 Å². The summed E-state index contributed by atoms with van der Waals surface area (Å²) in [5, 5.41) is 8.84. The Morgan fingerprint density at radius 1 is 1.35 bits per heavy atom. The lowest BCUT2D eigenvalue weighted by molar-refractivity contribution is -0.136. The molecule has 1 amide bonds. The minimum absolute atomic E-state index is 0.152. The van der Waals surface area contributed by atoms with Crippen LogP contribution in [0.15, 0.2) is 24.3 Å². The third-order valence-electron chi connectivity index (χ3n) is 2.37. The summed E-state index contributed by atoms with van der Waals surface area (Å²) >= 11 is 0. The van der Waals surface area contributed by atoms with Gasteiger partial charge in [0.2, 0.25) is 5.91 Å². The molecule has 0 heterocycles. The summed E-state index contributed by atoms with van der Waals surface area (Å²) in [4.78, 5) is 24.0. The second kappa shape index (κ2) is 6.03. The van der Waals surface area contributed by atoms with Crippen LogP contribution in [0, 0.1) is 6.92 Å². The molecule has 1 rings (SSSR count). The maximum absolute atomic E-state index is 11.9. The number of hydrogen-bond acceptors (Lipinski definition) is 2. The van der Waals surface area contributed by atoms with Crippen LogP contribution in [-0.2, 0) is 9.59 Å². The van der Waals surface area contributed by atoms with Crippen LogP contribution in [0.4, 0.5) is 5.69 Å². The van der Waals surface area contributed by atoms with Gasteiger partial charge in [-0.2, -0.15) is 0 Å². The van der Waals surface area contributed by atoms with Crippen LogP contribution >= 0.6 is 0 Å². The normalized spacial score (nSPS) is 10.0. The fraction of sp³-hybridized carbons (Fsp3) is 0.385. The highest BCUT2D eigenvalue weighted by atomic mass is 16.4. The molecule has 0 aromatic heterocycles. The molecule has 0 aliphatic heterocycles. The molecule has 1 aromatic carbocycles. The van der Waals surface area contributed by atoms with Crippen molar-refractivity contribution in [2.75, 3.05) is 11.4 Å². The molecule has 92 valence electrons. The van der Waals surface area contributed by atoms with E-state index in [0.29, 0.717) is 18.5 Å². The maximum Gasteiger partial charge on any atom is 0.323 e. The first-order valence-corrected chi connectivity index (χ1v) is 5.63. The number of nitrogens with zero attached hydrogens (tertiary/aromatic N) is 1. The van der Waals surface area contributed by atoms with E-state index in [9.17, 15) is 9.59 Å². The van der Waals surface area contributed by atoms with Gasteiger partial charge in [-0.15, -0.1) is 0 Å². The molecule has 4 nitrogen and oxygen atoms in total. The van der Waals surface area contributed by atoms with E-state index in [1.165, 1.54) is 4.90 Å². The number of carboxylic acid groups (broad SMARTS) is 1. The monoisotopic (exact) mass is 235 g/mol. The summed E-state index contributed by atoms with van der Waals surface area (Å²) in [7, 11) is 0. The highest BCUT2D eigenvalue weighted by molar-refractivity contribution is 5.97. The standard InChI is InChI=1S/C13H17NO3/c1-3-5-12(15)14(9-13(16)17)11-7-4-6-10(2)8-11/h4,6-8H,3,5,9H2,1-2H3,(H,16,17). The Hall–Kier alpha value is -1.84. The van der Waals surface area contributed by atoms with Gasteiger partial charge in [-0.05, 0) is 31.0 Å². The number of rotatable bonds is 5. The van der Waals surface area contributed by atoms with Gasteiger partial charge < -0.3 is 10.0 Å². The molecular formula is C13H17NO3. The summed E-state index contributed by atoms with van der Waals surface area (Å²) in [5.41, 5.74) is 1.65. The van der Waals surface area contributed by atoms with Crippen molar-refractivity contribution in [3.05, 3.63) is 29.8 Å². The van der Waals surface area contributed by atoms with Crippen LogP contribution < -0.4 is 4.90 Å². The van der Waals surface area contributed by atoms with Crippen molar-refractivity contribution in [2.24, 2.45) is 0 Å². The molecular weight excluding hydrogens is 218 g/mol. The topological polar surface area (TPSA) is 57.6 Å². The lowest BCUT2D eigenvalue weighted by Crippen LogP contribution is -2.35. The van der Waals surface area contributed by atoms with Crippen LogP contribution in [0.1, 0.15) is 25.3 Å². The first kappa shape index (κ1) is 13.2. The molecule has 0 unspecified atom stereocenters. The van der Waals surface area contributed by atoms with Gasteiger partial charge in [0.05, 0.1) is 0 Å². The van der Waals surface area contributed by atoms with Gasteiger partial charge in [-0.1, -0.05) is 19.1 Å². The highest BCUT2D eigenvalue weighted by Gasteiger charge is 2.17.